The quantitative estimate of drug-likeness (QED) is 0.672. The van der Waals surface area contributed by atoms with Crippen LogP contribution in [0.5, 0.6) is 0 Å². The fraction of sp³-hybridized carbons (Fsp3) is 0.800. The van der Waals surface area contributed by atoms with E-state index in [1.807, 2.05) is 0 Å². The Morgan fingerprint density at radius 2 is 1.56 bits per heavy atom. The summed E-state index contributed by atoms with van der Waals surface area (Å²) >= 11 is 0. The van der Waals surface area contributed by atoms with Crippen molar-refractivity contribution in [2.75, 3.05) is 0 Å². The van der Waals surface area contributed by atoms with Gasteiger partial charge < -0.3 is 10.2 Å². The van der Waals surface area contributed by atoms with Gasteiger partial charge in [-0.2, -0.15) is 0 Å². The van der Waals surface area contributed by atoms with Crippen molar-refractivity contribution < 1.29 is 64.6 Å². The monoisotopic (exact) mass is 414 g/mol. The summed E-state index contributed by atoms with van der Waals surface area (Å²) < 4.78 is 0. The molecule has 1 aliphatic rings. The Kier molecular flexibility index (Phi) is 6.86. The van der Waals surface area contributed by atoms with Gasteiger partial charge in [-0.25, -0.2) is 0 Å². The molecule has 0 aromatic heterocycles. The van der Waals surface area contributed by atoms with Crippen LogP contribution in [0.15, 0.2) is 0 Å². The SMILES string of the molecule is CC1(C)C(C(=O)O)CC[C@@]1(C)C(=O)O.[Ag].[Ag]. The number of carboxylic acid groups (broad SMARTS) is 2. The molecule has 16 heavy (non-hydrogen) atoms. The number of hydrogen-bond acceptors (Lipinski definition) is 2. The van der Waals surface area contributed by atoms with Gasteiger partial charge in [-0.15, -0.1) is 0 Å². The minimum Gasteiger partial charge on any atom is -0.481 e. The Balaban J connectivity index is 0. The Hall–Kier alpha value is 0.421. The van der Waals surface area contributed by atoms with Crippen LogP contribution in [-0.4, -0.2) is 22.2 Å². The molecule has 1 saturated carbocycles. The minimum absolute atomic E-state index is 0. The van der Waals surface area contributed by atoms with Crippen molar-refractivity contribution in [2.45, 2.75) is 33.6 Å². The van der Waals surface area contributed by atoms with E-state index in [1.54, 1.807) is 20.8 Å². The molecule has 1 unspecified atom stereocenters. The summed E-state index contributed by atoms with van der Waals surface area (Å²) in [6.07, 6.45) is 0.886. The number of rotatable bonds is 2. The fourth-order valence-electron chi connectivity index (χ4n) is 2.32. The molecule has 1 rings (SSSR count). The van der Waals surface area contributed by atoms with E-state index in [0.717, 1.165) is 0 Å². The van der Waals surface area contributed by atoms with Gasteiger partial charge in [0, 0.05) is 44.8 Å². The Morgan fingerprint density at radius 3 is 1.75 bits per heavy atom. The molecule has 2 radical (unpaired) electrons. The normalized spacial score (nSPS) is 31.1. The van der Waals surface area contributed by atoms with E-state index in [1.165, 1.54) is 0 Å². The summed E-state index contributed by atoms with van der Waals surface area (Å²) in [6.45, 7) is 5.10. The number of carboxylic acids is 2. The van der Waals surface area contributed by atoms with Gasteiger partial charge in [0.1, 0.15) is 0 Å². The molecule has 2 N–H and O–H groups in total. The first-order valence-electron chi connectivity index (χ1n) is 4.69. The molecule has 2 atom stereocenters. The van der Waals surface area contributed by atoms with Crippen LogP contribution in [0.25, 0.3) is 0 Å². The summed E-state index contributed by atoms with van der Waals surface area (Å²) in [5.74, 6) is -2.34. The van der Waals surface area contributed by atoms with Gasteiger partial charge in [-0.3, -0.25) is 9.59 Å². The minimum atomic E-state index is -0.921. The predicted octanol–water partition coefficient (Wildman–Crippen LogP) is 1.59. The summed E-state index contributed by atoms with van der Waals surface area (Å²) in [5, 5.41) is 18.1. The molecule has 0 spiro atoms. The van der Waals surface area contributed by atoms with Gasteiger partial charge in [-0.1, -0.05) is 13.8 Å². The standard InChI is InChI=1S/C10H16O4.2Ag/c1-9(2)6(7(11)12)4-5-10(9,3)8(13)14;;/h6H,4-5H2,1-3H3,(H,11,12)(H,13,14);;/t6?,10-;;/m0../s1. The van der Waals surface area contributed by atoms with Crippen LogP contribution in [-0.2, 0) is 54.3 Å². The predicted molar refractivity (Wildman–Crippen MR) is 49.9 cm³/mol. The Labute approximate surface area is 126 Å². The van der Waals surface area contributed by atoms with Crippen LogP contribution in [0.3, 0.4) is 0 Å². The maximum atomic E-state index is 11.1. The summed E-state index contributed by atoms with van der Waals surface area (Å²) in [5.41, 5.74) is -1.61. The van der Waals surface area contributed by atoms with Crippen LogP contribution < -0.4 is 0 Å². The third kappa shape index (κ3) is 2.63. The summed E-state index contributed by atoms with van der Waals surface area (Å²) in [6, 6.07) is 0. The van der Waals surface area contributed by atoms with Crippen molar-refractivity contribution in [2.24, 2.45) is 16.7 Å². The number of hydrogen-bond donors (Lipinski definition) is 2. The molecule has 6 heteroatoms. The van der Waals surface area contributed by atoms with E-state index in [9.17, 15) is 9.59 Å². The van der Waals surface area contributed by atoms with Crippen LogP contribution in [0, 0.1) is 16.7 Å². The van der Waals surface area contributed by atoms with Gasteiger partial charge in [0.2, 0.25) is 0 Å². The van der Waals surface area contributed by atoms with E-state index in [0.29, 0.717) is 12.8 Å². The van der Waals surface area contributed by atoms with Crippen molar-refractivity contribution in [1.82, 2.24) is 0 Å². The largest absolute Gasteiger partial charge is 0.481 e. The average molecular weight is 416 g/mol. The maximum absolute atomic E-state index is 11.1. The van der Waals surface area contributed by atoms with E-state index in [4.69, 9.17) is 10.2 Å². The van der Waals surface area contributed by atoms with Crippen molar-refractivity contribution >= 4 is 11.9 Å². The van der Waals surface area contributed by atoms with Gasteiger partial charge >= 0.3 is 11.9 Å². The molecule has 1 aliphatic carbocycles. The maximum Gasteiger partial charge on any atom is 0.309 e. The second kappa shape index (κ2) is 5.85. The molecule has 0 heterocycles. The van der Waals surface area contributed by atoms with Crippen molar-refractivity contribution in [3.8, 4) is 0 Å². The van der Waals surface area contributed by atoms with E-state index in [-0.39, 0.29) is 44.8 Å². The second-order valence-corrected chi connectivity index (χ2v) is 4.79. The van der Waals surface area contributed by atoms with Crippen LogP contribution in [0.1, 0.15) is 33.6 Å². The summed E-state index contributed by atoms with van der Waals surface area (Å²) in [7, 11) is 0. The second-order valence-electron chi connectivity index (χ2n) is 4.79. The topological polar surface area (TPSA) is 74.6 Å². The molecule has 0 saturated heterocycles. The number of aliphatic carboxylic acids is 2. The van der Waals surface area contributed by atoms with E-state index in [2.05, 4.69) is 0 Å². The smallest absolute Gasteiger partial charge is 0.309 e. The van der Waals surface area contributed by atoms with Crippen LogP contribution in [0.4, 0.5) is 0 Å². The van der Waals surface area contributed by atoms with E-state index >= 15 is 0 Å². The molecule has 0 aromatic rings. The first kappa shape index (κ1) is 18.8. The van der Waals surface area contributed by atoms with Gasteiger partial charge in [0.25, 0.3) is 0 Å². The zero-order valence-electron chi connectivity index (χ0n) is 9.31. The molecule has 1 fully saturated rings. The third-order valence-electron chi connectivity index (χ3n) is 4.00. The van der Waals surface area contributed by atoms with Crippen molar-refractivity contribution in [3.63, 3.8) is 0 Å². The number of carbonyl (C=O) groups is 2. The third-order valence-corrected chi connectivity index (χ3v) is 4.00. The molecule has 0 amide bonds. The van der Waals surface area contributed by atoms with E-state index < -0.39 is 28.7 Å². The first-order valence-corrected chi connectivity index (χ1v) is 4.69. The molecule has 0 aromatic carbocycles. The molecular weight excluding hydrogens is 400 g/mol. The Morgan fingerprint density at radius 1 is 1.12 bits per heavy atom. The van der Waals surface area contributed by atoms with Crippen LogP contribution >= 0.6 is 0 Å². The zero-order valence-corrected chi connectivity index (χ0v) is 12.3. The van der Waals surface area contributed by atoms with Crippen LogP contribution in [0.2, 0.25) is 0 Å². The average Bonchev–Trinajstić information content (AvgIpc) is 2.24. The molecule has 4 nitrogen and oxygen atoms in total. The molecule has 0 bridgehead atoms. The van der Waals surface area contributed by atoms with Gasteiger partial charge in [-0.05, 0) is 25.2 Å². The van der Waals surface area contributed by atoms with Gasteiger partial charge in [0.15, 0.2) is 0 Å². The fourth-order valence-corrected chi connectivity index (χ4v) is 2.32. The zero-order chi connectivity index (χ0) is 11.1. The molecule has 0 aliphatic heterocycles. The molecular formula is C10H16Ag2O4. The van der Waals surface area contributed by atoms with Crippen molar-refractivity contribution in [1.29, 1.82) is 0 Å². The summed E-state index contributed by atoms with van der Waals surface area (Å²) in [4.78, 5) is 22.0. The van der Waals surface area contributed by atoms with Crippen molar-refractivity contribution in [3.05, 3.63) is 0 Å². The van der Waals surface area contributed by atoms with Gasteiger partial charge in [0.05, 0.1) is 11.3 Å². The molecule has 102 valence electrons. The Bertz CT molecular complexity index is 291. The first-order chi connectivity index (χ1) is 6.23.